The smallest absolute Gasteiger partial charge is 0.335 e. The molecule has 2 aromatic rings. The number of carboxylic acids is 1. The van der Waals surface area contributed by atoms with Crippen molar-refractivity contribution < 1.29 is 34.8 Å². The van der Waals surface area contributed by atoms with Crippen LogP contribution in [-0.4, -0.2) is 66.8 Å². The molecular formula is C19H24N2O7. The Hall–Kier alpha value is -2.46. The zero-order valence-corrected chi connectivity index (χ0v) is 15.8. The van der Waals surface area contributed by atoms with E-state index >= 15 is 0 Å². The Morgan fingerprint density at radius 3 is 2.61 bits per heavy atom. The van der Waals surface area contributed by atoms with E-state index in [-0.39, 0.29) is 5.92 Å². The molecule has 28 heavy (non-hydrogen) atoms. The molecule has 1 fully saturated rings. The lowest BCUT2D eigenvalue weighted by atomic mass is 9.92. The van der Waals surface area contributed by atoms with Crippen LogP contribution in [-0.2, 0) is 9.53 Å². The third-order valence-corrected chi connectivity index (χ3v) is 5.22. The van der Waals surface area contributed by atoms with Crippen molar-refractivity contribution in [3.8, 4) is 0 Å². The maximum absolute atomic E-state index is 11.2. The second-order valence-electron chi connectivity index (χ2n) is 7.00. The first-order valence-corrected chi connectivity index (χ1v) is 8.90. The summed E-state index contributed by atoms with van der Waals surface area (Å²) in [7, 11) is 0. The van der Waals surface area contributed by atoms with E-state index in [0.29, 0.717) is 5.69 Å². The van der Waals surface area contributed by atoms with Crippen LogP contribution in [0.1, 0.15) is 35.2 Å². The molecule has 0 radical (unpaired) electrons. The highest BCUT2D eigenvalue weighted by molar-refractivity contribution is 5.73. The Labute approximate surface area is 161 Å². The fraction of sp³-hybridized carbons (Fsp3) is 0.474. The molecule has 1 aromatic carbocycles. The van der Waals surface area contributed by atoms with Gasteiger partial charge in [0.2, 0.25) is 0 Å². The van der Waals surface area contributed by atoms with E-state index in [0.717, 1.165) is 16.7 Å². The standard InChI is InChI=1S/C19H24N2O7/c1-9-5-4-6-12(10(9)2)11(3)13-7-20-8-21(13)28-19-16(24)14(22)15(23)17(27-19)18(25)26/h4-8,11,14-17,19,22-24H,1-3H3,(H,25,26)/t11-,14-,15-,16+,17-,19?/m0/s1. The molecule has 9 heteroatoms. The molecule has 152 valence electrons. The zero-order valence-electron chi connectivity index (χ0n) is 15.8. The van der Waals surface area contributed by atoms with E-state index in [4.69, 9.17) is 14.7 Å². The number of aliphatic carboxylic acids is 1. The van der Waals surface area contributed by atoms with Gasteiger partial charge < -0.3 is 30.0 Å². The fourth-order valence-corrected chi connectivity index (χ4v) is 3.34. The summed E-state index contributed by atoms with van der Waals surface area (Å²) < 4.78 is 6.45. The summed E-state index contributed by atoms with van der Waals surface area (Å²) in [6.07, 6.45) is -5.42. The average molecular weight is 392 g/mol. The predicted molar refractivity (Wildman–Crippen MR) is 96.6 cm³/mol. The molecule has 3 rings (SSSR count). The summed E-state index contributed by atoms with van der Waals surface area (Å²) in [5, 5.41) is 39.0. The maximum Gasteiger partial charge on any atom is 0.335 e. The second-order valence-corrected chi connectivity index (χ2v) is 7.00. The van der Waals surface area contributed by atoms with Gasteiger partial charge in [-0.3, -0.25) is 0 Å². The van der Waals surface area contributed by atoms with Crippen LogP contribution in [0, 0.1) is 13.8 Å². The third kappa shape index (κ3) is 3.61. The molecule has 0 saturated carbocycles. The Balaban J connectivity index is 1.86. The minimum Gasteiger partial charge on any atom is -0.479 e. The quantitative estimate of drug-likeness (QED) is 0.557. The van der Waals surface area contributed by atoms with Crippen molar-refractivity contribution in [2.75, 3.05) is 0 Å². The van der Waals surface area contributed by atoms with Gasteiger partial charge in [-0.25, -0.2) is 9.78 Å². The lowest BCUT2D eigenvalue weighted by Crippen LogP contribution is -2.62. The van der Waals surface area contributed by atoms with Crippen molar-refractivity contribution in [1.29, 1.82) is 0 Å². The topological polar surface area (TPSA) is 134 Å². The van der Waals surface area contributed by atoms with Gasteiger partial charge in [-0.1, -0.05) is 25.1 Å². The van der Waals surface area contributed by atoms with Crippen molar-refractivity contribution in [2.24, 2.45) is 0 Å². The first-order chi connectivity index (χ1) is 13.2. The van der Waals surface area contributed by atoms with Crippen LogP contribution in [0.4, 0.5) is 0 Å². The molecule has 0 amide bonds. The number of nitrogens with zero attached hydrogens (tertiary/aromatic N) is 2. The van der Waals surface area contributed by atoms with Crippen LogP contribution >= 0.6 is 0 Å². The zero-order chi connectivity index (χ0) is 20.6. The summed E-state index contributed by atoms with van der Waals surface area (Å²) >= 11 is 0. The number of aliphatic hydroxyl groups is 3. The van der Waals surface area contributed by atoms with E-state index in [9.17, 15) is 20.1 Å². The SMILES string of the molecule is Cc1cccc([C@H](C)c2cncn2OC2O[C@H](C(=O)O)[C@@H](O)[C@H](O)[C@H]2O)c1C. The molecule has 1 aromatic heterocycles. The molecule has 0 aliphatic carbocycles. The predicted octanol–water partition coefficient (Wildman–Crippen LogP) is -0.0275. The normalized spacial score (nSPS) is 28.7. The summed E-state index contributed by atoms with van der Waals surface area (Å²) in [6.45, 7) is 6.01. The van der Waals surface area contributed by atoms with Crippen LogP contribution in [0.15, 0.2) is 30.7 Å². The van der Waals surface area contributed by atoms with Gasteiger partial charge in [0.05, 0.1) is 11.9 Å². The van der Waals surface area contributed by atoms with Crippen LogP contribution in [0.3, 0.4) is 0 Å². The highest BCUT2D eigenvalue weighted by atomic mass is 16.8. The molecule has 0 bridgehead atoms. The molecule has 1 aliphatic rings. The van der Waals surface area contributed by atoms with Crippen molar-refractivity contribution >= 4 is 5.97 Å². The number of rotatable bonds is 5. The van der Waals surface area contributed by atoms with E-state index in [1.54, 1.807) is 6.20 Å². The van der Waals surface area contributed by atoms with Gasteiger partial charge in [0.15, 0.2) is 6.10 Å². The number of hydrogen-bond donors (Lipinski definition) is 4. The van der Waals surface area contributed by atoms with E-state index in [1.165, 1.54) is 11.1 Å². The van der Waals surface area contributed by atoms with Crippen molar-refractivity contribution in [2.45, 2.75) is 57.4 Å². The van der Waals surface area contributed by atoms with E-state index < -0.39 is 36.7 Å². The van der Waals surface area contributed by atoms with E-state index in [1.807, 2.05) is 39.0 Å². The van der Waals surface area contributed by atoms with Crippen LogP contribution in [0.2, 0.25) is 0 Å². The Morgan fingerprint density at radius 2 is 1.93 bits per heavy atom. The average Bonchev–Trinajstić information content (AvgIpc) is 3.11. The van der Waals surface area contributed by atoms with Gasteiger partial charge in [0.1, 0.15) is 24.6 Å². The summed E-state index contributed by atoms with van der Waals surface area (Å²) in [5.74, 6) is -1.59. The number of ether oxygens (including phenoxy) is 1. The Kier molecular flexibility index (Phi) is 5.71. The van der Waals surface area contributed by atoms with Gasteiger partial charge in [-0.15, -0.1) is 0 Å². The second kappa shape index (κ2) is 7.88. The first-order valence-electron chi connectivity index (χ1n) is 8.90. The number of hydrogen-bond acceptors (Lipinski definition) is 7. The van der Waals surface area contributed by atoms with Crippen LogP contribution < -0.4 is 4.84 Å². The lowest BCUT2D eigenvalue weighted by molar-refractivity contribution is -0.294. The van der Waals surface area contributed by atoms with Crippen LogP contribution in [0.5, 0.6) is 0 Å². The van der Waals surface area contributed by atoms with Gasteiger partial charge >= 0.3 is 5.97 Å². The summed E-state index contributed by atoms with van der Waals surface area (Å²) in [5.41, 5.74) is 3.98. The monoisotopic (exact) mass is 392 g/mol. The number of aryl methyl sites for hydroxylation is 1. The number of benzene rings is 1. The number of imidazole rings is 1. The van der Waals surface area contributed by atoms with Gasteiger partial charge in [0.25, 0.3) is 6.29 Å². The molecule has 1 saturated heterocycles. The highest BCUT2D eigenvalue weighted by Gasteiger charge is 2.48. The molecule has 0 spiro atoms. The minimum absolute atomic E-state index is 0.117. The number of aromatic nitrogens is 2. The largest absolute Gasteiger partial charge is 0.479 e. The summed E-state index contributed by atoms with van der Waals surface area (Å²) in [4.78, 5) is 20.9. The molecule has 2 heterocycles. The first kappa shape index (κ1) is 20.3. The number of carbonyl (C=O) groups is 1. The molecule has 1 unspecified atom stereocenters. The van der Waals surface area contributed by atoms with Crippen LogP contribution in [0.25, 0.3) is 0 Å². The van der Waals surface area contributed by atoms with Crippen molar-refractivity contribution in [3.63, 3.8) is 0 Å². The maximum atomic E-state index is 11.2. The van der Waals surface area contributed by atoms with Crippen molar-refractivity contribution in [3.05, 3.63) is 53.1 Å². The molecule has 1 aliphatic heterocycles. The van der Waals surface area contributed by atoms with Gasteiger partial charge in [-0.2, -0.15) is 4.73 Å². The number of carboxylic acid groups (broad SMARTS) is 1. The Morgan fingerprint density at radius 1 is 1.21 bits per heavy atom. The Bertz CT molecular complexity index is 853. The minimum atomic E-state index is -1.77. The van der Waals surface area contributed by atoms with Crippen molar-refractivity contribution in [1.82, 2.24) is 9.71 Å². The van der Waals surface area contributed by atoms with Gasteiger partial charge in [0, 0.05) is 5.92 Å². The molecule has 4 N–H and O–H groups in total. The molecule has 9 nitrogen and oxygen atoms in total. The third-order valence-electron chi connectivity index (χ3n) is 5.22. The number of aliphatic hydroxyl groups excluding tert-OH is 3. The van der Waals surface area contributed by atoms with Gasteiger partial charge in [-0.05, 0) is 30.5 Å². The lowest BCUT2D eigenvalue weighted by Gasteiger charge is -2.38. The fourth-order valence-electron chi connectivity index (χ4n) is 3.34. The highest BCUT2D eigenvalue weighted by Crippen LogP contribution is 2.28. The molecular weight excluding hydrogens is 368 g/mol. The molecule has 6 atom stereocenters. The summed E-state index contributed by atoms with van der Waals surface area (Å²) in [6, 6.07) is 5.97. The van der Waals surface area contributed by atoms with E-state index in [2.05, 4.69) is 4.98 Å².